The number of oxime groups is 1. The van der Waals surface area contributed by atoms with Gasteiger partial charge < -0.3 is 26.1 Å². The molecule has 0 heterocycles. The van der Waals surface area contributed by atoms with Crippen LogP contribution in [0.4, 0.5) is 0 Å². The molecule has 0 aliphatic heterocycles. The molecular weight excluding hydrogens is 258 g/mol. The van der Waals surface area contributed by atoms with Crippen LogP contribution in [-0.4, -0.2) is 35.9 Å². The van der Waals surface area contributed by atoms with Crippen LogP contribution in [0.1, 0.15) is 30.9 Å². The Morgan fingerprint density at radius 3 is 2.85 bits per heavy atom. The third-order valence-corrected chi connectivity index (χ3v) is 2.95. The number of hydrogen-bond acceptors (Lipinski definition) is 5. The van der Waals surface area contributed by atoms with Gasteiger partial charge in [-0.1, -0.05) is 11.2 Å². The number of ether oxygens (including phenoxy) is 1. The molecule has 1 unspecified atom stereocenters. The van der Waals surface area contributed by atoms with Crippen molar-refractivity contribution in [3.05, 3.63) is 29.3 Å². The highest BCUT2D eigenvalue weighted by Crippen LogP contribution is 2.20. The fourth-order valence-corrected chi connectivity index (χ4v) is 1.87. The predicted octanol–water partition coefficient (Wildman–Crippen LogP) is 1.04. The van der Waals surface area contributed by atoms with Crippen LogP contribution < -0.4 is 15.8 Å². The van der Waals surface area contributed by atoms with Crippen molar-refractivity contribution < 1.29 is 15.1 Å². The highest BCUT2D eigenvalue weighted by atomic mass is 16.5. The van der Waals surface area contributed by atoms with Crippen LogP contribution in [0.15, 0.2) is 23.4 Å². The molecule has 0 aliphatic carbocycles. The average Bonchev–Trinajstić information content (AvgIpc) is 2.45. The number of hydrogen-bond donors (Lipinski definition) is 4. The highest BCUT2D eigenvalue weighted by Gasteiger charge is 2.08. The lowest BCUT2D eigenvalue weighted by atomic mass is 10.1. The zero-order valence-corrected chi connectivity index (χ0v) is 12.0. The molecule has 20 heavy (non-hydrogen) atoms. The van der Waals surface area contributed by atoms with Crippen molar-refractivity contribution in [3.63, 3.8) is 0 Å². The van der Waals surface area contributed by atoms with Crippen LogP contribution >= 0.6 is 0 Å². The largest absolute Gasteiger partial charge is 0.496 e. The summed E-state index contributed by atoms with van der Waals surface area (Å²) in [6.45, 7) is 3.33. The molecule has 0 aromatic heterocycles. The highest BCUT2D eigenvalue weighted by molar-refractivity contribution is 5.99. The number of aliphatic hydroxyl groups is 1. The van der Waals surface area contributed by atoms with Gasteiger partial charge in [-0.3, -0.25) is 0 Å². The Bertz CT molecular complexity index is 447. The third kappa shape index (κ3) is 5.07. The molecule has 0 fully saturated rings. The molecule has 0 bridgehead atoms. The molecule has 0 saturated carbocycles. The first kappa shape index (κ1) is 16.3. The lowest BCUT2D eigenvalue weighted by molar-refractivity contribution is 0.181. The molecule has 1 rings (SSSR count). The van der Waals surface area contributed by atoms with Crippen LogP contribution in [0.5, 0.6) is 5.75 Å². The van der Waals surface area contributed by atoms with Gasteiger partial charge in [-0.25, -0.2) is 0 Å². The van der Waals surface area contributed by atoms with E-state index in [-0.39, 0.29) is 11.9 Å². The number of nitrogens with one attached hydrogen (secondary N) is 1. The van der Waals surface area contributed by atoms with E-state index in [0.29, 0.717) is 17.9 Å². The summed E-state index contributed by atoms with van der Waals surface area (Å²) in [4.78, 5) is 0. The SMILES string of the molecule is COc1cc(CNCCCC(C)O)ccc1/C(N)=N/O. The molecule has 6 nitrogen and oxygen atoms in total. The smallest absolute Gasteiger partial charge is 0.173 e. The molecule has 1 aromatic rings. The summed E-state index contributed by atoms with van der Waals surface area (Å²) >= 11 is 0. The molecule has 0 radical (unpaired) electrons. The van der Waals surface area contributed by atoms with Crippen LogP contribution in [0.2, 0.25) is 0 Å². The van der Waals surface area contributed by atoms with Gasteiger partial charge in [0, 0.05) is 6.54 Å². The van der Waals surface area contributed by atoms with Gasteiger partial charge in [0.25, 0.3) is 0 Å². The zero-order valence-electron chi connectivity index (χ0n) is 12.0. The standard InChI is InChI=1S/C14H23N3O3/c1-10(18)4-3-7-16-9-11-5-6-12(14(15)17-19)13(8-11)20-2/h5-6,8,10,16,18-19H,3-4,7,9H2,1-2H3,(H2,15,17). The topological polar surface area (TPSA) is 100 Å². The number of amidine groups is 1. The van der Waals surface area contributed by atoms with E-state index in [9.17, 15) is 0 Å². The summed E-state index contributed by atoms with van der Waals surface area (Å²) in [6.07, 6.45) is 1.47. The Morgan fingerprint density at radius 2 is 2.25 bits per heavy atom. The fourth-order valence-electron chi connectivity index (χ4n) is 1.87. The van der Waals surface area contributed by atoms with Gasteiger partial charge in [0.1, 0.15) is 5.75 Å². The van der Waals surface area contributed by atoms with Crippen molar-refractivity contribution in [2.24, 2.45) is 10.9 Å². The molecule has 1 aromatic carbocycles. The van der Waals surface area contributed by atoms with E-state index in [1.165, 1.54) is 0 Å². The Hall–Kier alpha value is -1.79. The Morgan fingerprint density at radius 1 is 1.50 bits per heavy atom. The molecule has 112 valence electrons. The van der Waals surface area contributed by atoms with E-state index in [1.54, 1.807) is 20.1 Å². The van der Waals surface area contributed by atoms with Gasteiger partial charge in [0.15, 0.2) is 5.84 Å². The summed E-state index contributed by atoms with van der Waals surface area (Å²) in [5, 5.41) is 24.1. The number of rotatable bonds is 8. The molecule has 0 amide bonds. The van der Waals surface area contributed by atoms with Crippen molar-refractivity contribution in [3.8, 4) is 5.75 Å². The van der Waals surface area contributed by atoms with Gasteiger partial charge in [0.2, 0.25) is 0 Å². The van der Waals surface area contributed by atoms with Gasteiger partial charge in [-0.05, 0) is 44.0 Å². The van der Waals surface area contributed by atoms with Gasteiger partial charge in [-0.15, -0.1) is 0 Å². The molecule has 0 aliphatic rings. The first-order valence-electron chi connectivity index (χ1n) is 6.62. The van der Waals surface area contributed by atoms with Gasteiger partial charge >= 0.3 is 0 Å². The van der Waals surface area contributed by atoms with Gasteiger partial charge in [0.05, 0.1) is 18.8 Å². The van der Waals surface area contributed by atoms with Crippen LogP contribution in [0, 0.1) is 0 Å². The van der Waals surface area contributed by atoms with Crippen molar-refractivity contribution in [1.82, 2.24) is 5.32 Å². The predicted molar refractivity (Wildman–Crippen MR) is 78.1 cm³/mol. The van der Waals surface area contributed by atoms with Crippen LogP contribution in [0.3, 0.4) is 0 Å². The van der Waals surface area contributed by atoms with E-state index >= 15 is 0 Å². The molecule has 5 N–H and O–H groups in total. The molecule has 0 saturated heterocycles. The van der Waals surface area contributed by atoms with E-state index in [2.05, 4.69) is 10.5 Å². The monoisotopic (exact) mass is 281 g/mol. The second-order valence-corrected chi connectivity index (χ2v) is 4.69. The molecule has 1 atom stereocenters. The normalized spacial score (nSPS) is 13.2. The first-order chi connectivity index (χ1) is 9.58. The average molecular weight is 281 g/mol. The Balaban J connectivity index is 2.56. The quantitative estimate of drug-likeness (QED) is 0.187. The molecule has 0 spiro atoms. The summed E-state index contributed by atoms with van der Waals surface area (Å²) in [6, 6.07) is 5.52. The molecular formula is C14H23N3O3. The Kier molecular flexibility index (Phi) is 6.83. The van der Waals surface area contributed by atoms with E-state index in [1.807, 2.05) is 12.1 Å². The number of methoxy groups -OCH3 is 1. The fraction of sp³-hybridized carbons (Fsp3) is 0.500. The minimum absolute atomic E-state index is 0.0262. The lowest BCUT2D eigenvalue weighted by Crippen LogP contribution is -2.17. The number of nitrogens with zero attached hydrogens (tertiary/aromatic N) is 1. The zero-order chi connectivity index (χ0) is 15.0. The first-order valence-corrected chi connectivity index (χ1v) is 6.62. The van der Waals surface area contributed by atoms with E-state index < -0.39 is 0 Å². The van der Waals surface area contributed by atoms with Crippen molar-refractivity contribution in [2.45, 2.75) is 32.4 Å². The minimum atomic E-state index is -0.253. The maximum atomic E-state index is 9.16. The maximum Gasteiger partial charge on any atom is 0.173 e. The number of benzene rings is 1. The van der Waals surface area contributed by atoms with Crippen molar-refractivity contribution in [1.29, 1.82) is 0 Å². The molecule has 6 heteroatoms. The number of aliphatic hydroxyl groups excluding tert-OH is 1. The van der Waals surface area contributed by atoms with Crippen LogP contribution in [0.25, 0.3) is 0 Å². The summed E-state index contributed by atoms with van der Waals surface area (Å²) in [5.74, 6) is 0.599. The second kappa shape index (κ2) is 8.39. The summed E-state index contributed by atoms with van der Waals surface area (Å²) in [7, 11) is 1.54. The second-order valence-electron chi connectivity index (χ2n) is 4.69. The third-order valence-electron chi connectivity index (χ3n) is 2.95. The minimum Gasteiger partial charge on any atom is -0.496 e. The van der Waals surface area contributed by atoms with E-state index in [0.717, 1.165) is 24.9 Å². The maximum absolute atomic E-state index is 9.16. The van der Waals surface area contributed by atoms with Crippen molar-refractivity contribution in [2.75, 3.05) is 13.7 Å². The summed E-state index contributed by atoms with van der Waals surface area (Å²) < 4.78 is 5.24. The van der Waals surface area contributed by atoms with E-state index in [4.69, 9.17) is 20.8 Å². The van der Waals surface area contributed by atoms with Gasteiger partial charge in [-0.2, -0.15) is 0 Å². The Labute approximate surface area is 119 Å². The number of nitrogens with two attached hydrogens (primary N) is 1. The van der Waals surface area contributed by atoms with Crippen molar-refractivity contribution >= 4 is 5.84 Å². The van der Waals surface area contributed by atoms with Crippen LogP contribution in [-0.2, 0) is 6.54 Å². The lowest BCUT2D eigenvalue weighted by Gasteiger charge is -2.10. The summed E-state index contributed by atoms with van der Waals surface area (Å²) in [5.41, 5.74) is 7.18.